The molecule has 1 N–H and O–H groups in total. The van der Waals surface area contributed by atoms with E-state index in [1.54, 1.807) is 17.8 Å². The summed E-state index contributed by atoms with van der Waals surface area (Å²) >= 11 is 0. The quantitative estimate of drug-likeness (QED) is 0.663. The first-order chi connectivity index (χ1) is 8.99. The largest absolute Gasteiger partial charge is 0.360 e. The third-order valence-electron chi connectivity index (χ3n) is 2.76. The highest BCUT2D eigenvalue weighted by molar-refractivity contribution is 5.49. The van der Waals surface area contributed by atoms with Crippen molar-refractivity contribution < 1.29 is 4.92 Å². The van der Waals surface area contributed by atoms with E-state index in [4.69, 9.17) is 0 Å². The third kappa shape index (κ3) is 2.67. The minimum atomic E-state index is -0.462. The number of aryl methyl sites for hydroxylation is 2. The van der Waals surface area contributed by atoms with Gasteiger partial charge < -0.3 is 9.88 Å². The van der Waals surface area contributed by atoms with Crippen LogP contribution in [0, 0.1) is 17.0 Å². The van der Waals surface area contributed by atoms with E-state index in [0.29, 0.717) is 11.4 Å². The van der Waals surface area contributed by atoms with E-state index >= 15 is 0 Å². The topological polar surface area (TPSA) is 98.8 Å². The Morgan fingerprint density at radius 1 is 1.53 bits per heavy atom. The number of hydrogen-bond acceptors (Lipinski definition) is 6. The highest BCUT2D eigenvalue weighted by atomic mass is 16.6. The van der Waals surface area contributed by atoms with E-state index in [1.165, 1.54) is 12.3 Å². The number of anilines is 1. The van der Waals surface area contributed by atoms with Crippen LogP contribution in [-0.4, -0.2) is 24.7 Å². The number of nitro groups is 1. The van der Waals surface area contributed by atoms with Gasteiger partial charge in [0, 0.05) is 13.1 Å². The molecule has 0 saturated heterocycles. The summed E-state index contributed by atoms with van der Waals surface area (Å²) < 4.78 is 1.80. The molecule has 0 radical (unpaired) electrons. The second-order valence-electron chi connectivity index (χ2n) is 4.28. The van der Waals surface area contributed by atoms with E-state index in [9.17, 15) is 10.1 Å². The Morgan fingerprint density at radius 2 is 2.26 bits per heavy atom. The van der Waals surface area contributed by atoms with E-state index in [-0.39, 0.29) is 11.7 Å². The first-order valence-corrected chi connectivity index (χ1v) is 5.70. The predicted molar refractivity (Wildman–Crippen MR) is 68.7 cm³/mol. The van der Waals surface area contributed by atoms with Crippen molar-refractivity contribution in [2.24, 2.45) is 7.05 Å². The fourth-order valence-corrected chi connectivity index (χ4v) is 1.76. The lowest BCUT2D eigenvalue weighted by atomic mass is 10.2. The molecule has 2 heterocycles. The van der Waals surface area contributed by atoms with Crippen LogP contribution in [0.15, 0.2) is 18.6 Å². The lowest BCUT2D eigenvalue weighted by Crippen LogP contribution is -2.13. The summed E-state index contributed by atoms with van der Waals surface area (Å²) in [7, 11) is 1.85. The van der Waals surface area contributed by atoms with Gasteiger partial charge in [0.05, 0.1) is 11.0 Å². The SMILES string of the molecule is Cc1cc([N+](=O)[O-])cnc1NC(C)c1nncn1C. The molecule has 1 unspecified atom stereocenters. The number of aromatic nitrogens is 4. The zero-order chi connectivity index (χ0) is 14.0. The molecule has 0 aromatic carbocycles. The van der Waals surface area contributed by atoms with E-state index in [1.807, 2.05) is 14.0 Å². The Morgan fingerprint density at radius 3 is 2.79 bits per heavy atom. The van der Waals surface area contributed by atoms with Crippen LogP contribution in [0.25, 0.3) is 0 Å². The van der Waals surface area contributed by atoms with Crippen molar-refractivity contribution in [2.45, 2.75) is 19.9 Å². The maximum absolute atomic E-state index is 10.6. The van der Waals surface area contributed by atoms with Crippen molar-refractivity contribution in [3.63, 3.8) is 0 Å². The van der Waals surface area contributed by atoms with Crippen molar-refractivity contribution in [1.29, 1.82) is 0 Å². The van der Waals surface area contributed by atoms with Gasteiger partial charge in [-0.1, -0.05) is 0 Å². The first kappa shape index (κ1) is 12.9. The normalized spacial score (nSPS) is 12.2. The maximum Gasteiger partial charge on any atom is 0.287 e. The molecule has 8 nitrogen and oxygen atoms in total. The van der Waals surface area contributed by atoms with Gasteiger partial charge in [-0.25, -0.2) is 4.98 Å². The molecule has 1 atom stereocenters. The minimum Gasteiger partial charge on any atom is -0.360 e. The highest BCUT2D eigenvalue weighted by Gasteiger charge is 2.15. The molecular formula is C11H14N6O2. The second kappa shape index (κ2) is 5.01. The Labute approximate surface area is 109 Å². The maximum atomic E-state index is 10.6. The molecule has 2 aromatic rings. The summed E-state index contributed by atoms with van der Waals surface area (Å²) in [6, 6.07) is 1.39. The summed E-state index contributed by atoms with van der Waals surface area (Å²) in [4.78, 5) is 14.2. The molecule has 0 spiro atoms. The van der Waals surface area contributed by atoms with Gasteiger partial charge in [-0.3, -0.25) is 10.1 Å². The third-order valence-corrected chi connectivity index (χ3v) is 2.76. The van der Waals surface area contributed by atoms with Crippen LogP contribution in [0.5, 0.6) is 0 Å². The number of nitrogens with zero attached hydrogens (tertiary/aromatic N) is 5. The second-order valence-corrected chi connectivity index (χ2v) is 4.28. The lowest BCUT2D eigenvalue weighted by Gasteiger charge is -2.14. The van der Waals surface area contributed by atoms with Crippen LogP contribution in [0.3, 0.4) is 0 Å². The van der Waals surface area contributed by atoms with Crippen LogP contribution in [0.4, 0.5) is 11.5 Å². The van der Waals surface area contributed by atoms with Crippen molar-refractivity contribution in [1.82, 2.24) is 19.7 Å². The average Bonchev–Trinajstić information content (AvgIpc) is 2.77. The van der Waals surface area contributed by atoms with E-state index < -0.39 is 4.92 Å². The number of hydrogen-bond donors (Lipinski definition) is 1. The zero-order valence-corrected chi connectivity index (χ0v) is 10.9. The molecule has 100 valence electrons. The number of rotatable bonds is 4. The molecule has 2 aromatic heterocycles. The standard InChI is InChI=1S/C11H14N6O2/c1-7-4-9(17(18)19)5-12-10(7)14-8(2)11-15-13-6-16(11)3/h4-6,8H,1-3H3,(H,12,14). The molecule has 0 aliphatic heterocycles. The summed E-state index contributed by atoms with van der Waals surface area (Å²) in [5.41, 5.74) is 0.692. The summed E-state index contributed by atoms with van der Waals surface area (Å²) in [6.45, 7) is 3.69. The van der Waals surface area contributed by atoms with Gasteiger partial charge in [-0.2, -0.15) is 0 Å². The summed E-state index contributed by atoms with van der Waals surface area (Å²) in [5, 5.41) is 21.6. The molecular weight excluding hydrogens is 248 g/mol. The lowest BCUT2D eigenvalue weighted by molar-refractivity contribution is -0.385. The summed E-state index contributed by atoms with van der Waals surface area (Å²) in [5.74, 6) is 1.36. The van der Waals surface area contributed by atoms with Crippen LogP contribution >= 0.6 is 0 Å². The summed E-state index contributed by atoms with van der Waals surface area (Å²) in [6.07, 6.45) is 2.85. The van der Waals surface area contributed by atoms with Crippen molar-refractivity contribution in [2.75, 3.05) is 5.32 Å². The van der Waals surface area contributed by atoms with Crippen LogP contribution in [0.2, 0.25) is 0 Å². The van der Waals surface area contributed by atoms with Crippen molar-refractivity contribution in [3.05, 3.63) is 40.1 Å². The fourth-order valence-electron chi connectivity index (χ4n) is 1.76. The molecule has 19 heavy (non-hydrogen) atoms. The smallest absolute Gasteiger partial charge is 0.287 e. The van der Waals surface area contributed by atoms with Crippen LogP contribution in [-0.2, 0) is 7.05 Å². The van der Waals surface area contributed by atoms with Gasteiger partial charge in [0.15, 0.2) is 5.82 Å². The zero-order valence-electron chi connectivity index (χ0n) is 10.9. The molecule has 8 heteroatoms. The first-order valence-electron chi connectivity index (χ1n) is 5.70. The monoisotopic (exact) mass is 262 g/mol. The van der Waals surface area contributed by atoms with Crippen molar-refractivity contribution in [3.8, 4) is 0 Å². The predicted octanol–water partition coefficient (Wildman–Crippen LogP) is 1.60. The highest BCUT2D eigenvalue weighted by Crippen LogP contribution is 2.21. The van der Waals surface area contributed by atoms with Crippen LogP contribution < -0.4 is 5.32 Å². The number of nitrogens with one attached hydrogen (secondary N) is 1. The van der Waals surface area contributed by atoms with E-state index in [0.717, 1.165) is 5.82 Å². The average molecular weight is 262 g/mol. The molecule has 0 bridgehead atoms. The Kier molecular flexibility index (Phi) is 3.41. The van der Waals surface area contributed by atoms with Gasteiger partial charge in [0.1, 0.15) is 18.3 Å². The van der Waals surface area contributed by atoms with Gasteiger partial charge in [0.25, 0.3) is 5.69 Å². The van der Waals surface area contributed by atoms with Gasteiger partial charge in [-0.15, -0.1) is 10.2 Å². The Balaban J connectivity index is 2.20. The molecule has 0 saturated carbocycles. The molecule has 2 rings (SSSR count). The molecule has 0 aliphatic carbocycles. The molecule has 0 amide bonds. The van der Waals surface area contributed by atoms with E-state index in [2.05, 4.69) is 20.5 Å². The van der Waals surface area contributed by atoms with Gasteiger partial charge in [-0.05, 0) is 19.4 Å². The van der Waals surface area contributed by atoms with Gasteiger partial charge in [0.2, 0.25) is 0 Å². The Hall–Kier alpha value is -2.51. The molecule has 0 fully saturated rings. The van der Waals surface area contributed by atoms with Gasteiger partial charge >= 0.3 is 0 Å². The fraction of sp³-hybridized carbons (Fsp3) is 0.364. The minimum absolute atomic E-state index is 0.0191. The van der Waals surface area contributed by atoms with Crippen LogP contribution in [0.1, 0.15) is 24.4 Å². The molecule has 0 aliphatic rings. The number of pyridine rings is 1. The Bertz CT molecular complexity index is 609. The van der Waals surface area contributed by atoms with Crippen molar-refractivity contribution >= 4 is 11.5 Å².